The van der Waals surface area contributed by atoms with Gasteiger partial charge < -0.3 is 5.11 Å². The van der Waals surface area contributed by atoms with Crippen molar-refractivity contribution in [3.8, 4) is 0 Å². The van der Waals surface area contributed by atoms with Gasteiger partial charge in [-0.1, -0.05) is 0 Å². The van der Waals surface area contributed by atoms with Crippen molar-refractivity contribution in [1.29, 1.82) is 0 Å². The van der Waals surface area contributed by atoms with Gasteiger partial charge in [-0.15, -0.1) is 0 Å². The molecule has 1 N–H and O–H groups in total. The van der Waals surface area contributed by atoms with Gasteiger partial charge >= 0.3 is 0 Å². The normalized spacial score (nSPS) is 49.0. The SMILES string of the molecule is CC1(C)OO[C@@H]2C[C@H]1C[C@H](O)[C@@]2(C)O[O]. The third-order valence-corrected chi connectivity index (χ3v) is 3.85. The highest BCUT2D eigenvalue weighted by molar-refractivity contribution is 5.02. The molecule has 5 nitrogen and oxygen atoms in total. The molecule has 0 aromatic rings. The predicted octanol–water partition coefficient (Wildman–Crippen LogP) is 0.987. The summed E-state index contributed by atoms with van der Waals surface area (Å²) in [6.07, 6.45) is -0.104. The summed E-state index contributed by atoms with van der Waals surface area (Å²) in [5.74, 6) is 0.189. The molecule has 0 amide bonds. The molecule has 5 heteroatoms. The van der Waals surface area contributed by atoms with Crippen molar-refractivity contribution < 1.29 is 25.0 Å². The molecule has 1 saturated carbocycles. The van der Waals surface area contributed by atoms with E-state index in [1.807, 2.05) is 13.8 Å². The lowest BCUT2D eigenvalue weighted by Crippen LogP contribution is -2.62. The van der Waals surface area contributed by atoms with Crippen LogP contribution in [0.1, 0.15) is 33.6 Å². The summed E-state index contributed by atoms with van der Waals surface area (Å²) < 4.78 is 0. The molecule has 1 heterocycles. The summed E-state index contributed by atoms with van der Waals surface area (Å²) in [7, 11) is 0. The van der Waals surface area contributed by atoms with Crippen molar-refractivity contribution in [2.75, 3.05) is 0 Å². The summed E-state index contributed by atoms with van der Waals surface area (Å²) in [6.45, 7) is 5.40. The van der Waals surface area contributed by atoms with Crippen molar-refractivity contribution in [2.24, 2.45) is 5.92 Å². The van der Waals surface area contributed by atoms with E-state index in [1.54, 1.807) is 6.92 Å². The van der Waals surface area contributed by atoms with E-state index in [-0.39, 0.29) is 5.92 Å². The Bertz CT molecular complexity index is 252. The van der Waals surface area contributed by atoms with E-state index >= 15 is 0 Å². The first-order chi connectivity index (χ1) is 6.90. The lowest BCUT2D eigenvalue weighted by atomic mass is 9.69. The first-order valence-electron chi connectivity index (χ1n) is 5.23. The van der Waals surface area contributed by atoms with Gasteiger partial charge in [0, 0.05) is 0 Å². The standard InChI is InChI=1S/C10H17O5/c1-9(2)6-4-7(11)10(3,14-12)8(5-6)13-15-9/h6-8,11H,4-5H2,1-3H3/t6-,7+,8-,10-/m1/s1. The molecule has 4 atom stereocenters. The Labute approximate surface area is 88.8 Å². The Kier molecular flexibility index (Phi) is 2.56. The summed E-state index contributed by atoms with van der Waals surface area (Å²) in [4.78, 5) is 14.5. The molecule has 1 aliphatic heterocycles. The minimum absolute atomic E-state index is 0.189. The van der Waals surface area contributed by atoms with Gasteiger partial charge in [0.2, 0.25) is 0 Å². The van der Waals surface area contributed by atoms with E-state index in [0.717, 1.165) is 0 Å². The second-order valence-electron chi connectivity index (χ2n) is 5.22. The molecule has 1 radical (unpaired) electrons. The molecule has 1 aliphatic carbocycles. The monoisotopic (exact) mass is 217 g/mol. The number of hydrogen-bond acceptors (Lipinski definition) is 4. The lowest BCUT2D eigenvalue weighted by molar-refractivity contribution is -0.491. The fourth-order valence-electron chi connectivity index (χ4n) is 2.37. The number of aliphatic hydroxyl groups excluding tert-OH is 1. The summed E-state index contributed by atoms with van der Waals surface area (Å²) in [6, 6.07) is 0. The van der Waals surface area contributed by atoms with Crippen LogP contribution >= 0.6 is 0 Å². The Hall–Kier alpha value is -0.200. The van der Waals surface area contributed by atoms with Crippen LogP contribution < -0.4 is 0 Å². The van der Waals surface area contributed by atoms with Crippen molar-refractivity contribution >= 4 is 0 Å². The van der Waals surface area contributed by atoms with Gasteiger partial charge in [-0.2, -0.15) is 4.89 Å². The molecule has 2 fully saturated rings. The molecule has 2 bridgehead atoms. The quantitative estimate of drug-likeness (QED) is 0.525. The molecule has 1 saturated heterocycles. The number of aliphatic hydroxyl groups is 1. The highest BCUT2D eigenvalue weighted by atomic mass is 17.2. The van der Waals surface area contributed by atoms with E-state index in [9.17, 15) is 10.4 Å². The summed E-state index contributed by atoms with van der Waals surface area (Å²) >= 11 is 0. The van der Waals surface area contributed by atoms with Gasteiger partial charge in [-0.3, -0.25) is 0 Å². The van der Waals surface area contributed by atoms with Crippen LogP contribution in [0.2, 0.25) is 0 Å². The third-order valence-electron chi connectivity index (χ3n) is 3.85. The van der Waals surface area contributed by atoms with Gasteiger partial charge in [-0.05, 0) is 44.8 Å². The van der Waals surface area contributed by atoms with E-state index in [2.05, 4.69) is 4.89 Å². The zero-order valence-electron chi connectivity index (χ0n) is 9.23. The second-order valence-corrected chi connectivity index (χ2v) is 5.22. The van der Waals surface area contributed by atoms with Crippen LogP contribution in [0.5, 0.6) is 0 Å². The van der Waals surface area contributed by atoms with Gasteiger partial charge in [-0.25, -0.2) is 9.78 Å². The maximum atomic E-state index is 10.7. The van der Waals surface area contributed by atoms with Crippen molar-refractivity contribution in [3.05, 3.63) is 0 Å². The molecule has 0 spiro atoms. The molecule has 87 valence electrons. The van der Waals surface area contributed by atoms with E-state index < -0.39 is 23.4 Å². The topological polar surface area (TPSA) is 67.8 Å². The minimum atomic E-state index is -1.20. The van der Waals surface area contributed by atoms with Crippen LogP contribution in [-0.2, 0) is 19.9 Å². The average molecular weight is 217 g/mol. The molecule has 2 rings (SSSR count). The fraction of sp³-hybridized carbons (Fsp3) is 1.00. The summed E-state index contributed by atoms with van der Waals surface area (Å²) in [5, 5.41) is 20.6. The number of hydrogen-bond donors (Lipinski definition) is 1. The second kappa shape index (κ2) is 3.40. The van der Waals surface area contributed by atoms with E-state index in [1.165, 1.54) is 0 Å². The highest BCUT2D eigenvalue weighted by Gasteiger charge is 2.56. The molecule has 0 aromatic carbocycles. The van der Waals surface area contributed by atoms with Gasteiger partial charge in [0.1, 0.15) is 11.7 Å². The number of fused-ring (bicyclic) bond motifs is 2. The molecule has 15 heavy (non-hydrogen) atoms. The largest absolute Gasteiger partial charge is 0.390 e. The minimum Gasteiger partial charge on any atom is -0.390 e. The predicted molar refractivity (Wildman–Crippen MR) is 48.9 cm³/mol. The zero-order chi connectivity index (χ0) is 11.3. The third kappa shape index (κ3) is 1.59. The van der Waals surface area contributed by atoms with Crippen LogP contribution in [0.25, 0.3) is 0 Å². The molecular weight excluding hydrogens is 200 g/mol. The Morgan fingerprint density at radius 1 is 1.33 bits per heavy atom. The maximum absolute atomic E-state index is 10.7. The molecule has 0 aromatic heterocycles. The maximum Gasteiger partial charge on any atom is 0.159 e. The average Bonchev–Trinajstić information content (AvgIpc) is 2.18. The van der Waals surface area contributed by atoms with Gasteiger partial charge in [0.25, 0.3) is 0 Å². The van der Waals surface area contributed by atoms with Crippen LogP contribution in [0, 0.1) is 5.92 Å². The van der Waals surface area contributed by atoms with E-state index in [4.69, 9.17) is 9.78 Å². The van der Waals surface area contributed by atoms with E-state index in [0.29, 0.717) is 12.8 Å². The Morgan fingerprint density at radius 3 is 2.60 bits per heavy atom. The Balaban J connectivity index is 2.22. The van der Waals surface area contributed by atoms with Crippen molar-refractivity contribution in [2.45, 2.75) is 57.0 Å². The van der Waals surface area contributed by atoms with Crippen molar-refractivity contribution in [3.63, 3.8) is 0 Å². The van der Waals surface area contributed by atoms with Crippen LogP contribution in [0.3, 0.4) is 0 Å². The zero-order valence-corrected chi connectivity index (χ0v) is 9.23. The van der Waals surface area contributed by atoms with Gasteiger partial charge in [0.15, 0.2) is 5.60 Å². The van der Waals surface area contributed by atoms with Crippen LogP contribution in [0.15, 0.2) is 0 Å². The number of rotatable bonds is 1. The molecule has 2 aliphatic rings. The van der Waals surface area contributed by atoms with Gasteiger partial charge in [0.05, 0.1) is 6.10 Å². The lowest BCUT2D eigenvalue weighted by Gasteiger charge is -2.51. The summed E-state index contributed by atoms with van der Waals surface area (Å²) in [5.41, 5.74) is -1.62. The highest BCUT2D eigenvalue weighted by Crippen LogP contribution is 2.46. The molecule has 0 unspecified atom stereocenters. The fourth-order valence-corrected chi connectivity index (χ4v) is 2.37. The molecular formula is C10H17O5. The smallest absolute Gasteiger partial charge is 0.159 e. The first kappa shape index (κ1) is 11.3. The first-order valence-corrected chi connectivity index (χ1v) is 5.23. The van der Waals surface area contributed by atoms with Crippen molar-refractivity contribution in [1.82, 2.24) is 0 Å². The van der Waals surface area contributed by atoms with Crippen LogP contribution in [0.4, 0.5) is 0 Å². The Morgan fingerprint density at radius 2 is 2.00 bits per heavy atom. The van der Waals surface area contributed by atoms with Crippen LogP contribution in [-0.4, -0.2) is 28.5 Å².